The van der Waals surface area contributed by atoms with Crippen LogP contribution in [0, 0.1) is 8.99 Å². The van der Waals surface area contributed by atoms with E-state index >= 15 is 0 Å². The number of hydrogen-bond acceptors (Lipinski definition) is 4. The topological polar surface area (TPSA) is 48.4 Å². The number of nitrogens with zero attached hydrogens (tertiary/aromatic N) is 1. The second kappa shape index (κ2) is 5.16. The average molecular weight is 387 g/mol. The highest BCUT2D eigenvalue weighted by atomic mass is 127. The Balaban J connectivity index is 1.72. The van der Waals surface area contributed by atoms with Crippen molar-refractivity contribution < 1.29 is 14.3 Å². The van der Waals surface area contributed by atoms with Crippen molar-refractivity contribution in [3.63, 3.8) is 0 Å². The number of methoxy groups -OCH3 is 1. The number of halogens is 1. The number of carbonyl (C=O) groups is 1. The van der Waals surface area contributed by atoms with E-state index in [0.29, 0.717) is 5.88 Å². The monoisotopic (exact) mass is 387 g/mol. The molecule has 1 aromatic heterocycles. The van der Waals surface area contributed by atoms with E-state index in [9.17, 15) is 4.79 Å². The minimum Gasteiger partial charge on any atom is -0.471 e. The highest BCUT2D eigenvalue weighted by Crippen LogP contribution is 2.54. The van der Waals surface area contributed by atoms with Gasteiger partial charge in [0.15, 0.2) is 0 Å². The molecule has 0 saturated heterocycles. The van der Waals surface area contributed by atoms with Crippen LogP contribution in [0.2, 0.25) is 0 Å². The second-order valence-electron chi connectivity index (χ2n) is 5.87. The van der Waals surface area contributed by atoms with Crippen LogP contribution in [0.5, 0.6) is 5.88 Å². The Kier molecular flexibility index (Phi) is 3.64. The molecule has 0 unspecified atom stereocenters. The summed E-state index contributed by atoms with van der Waals surface area (Å²) in [5.74, 6) is 0.649. The fraction of sp³-hybridized carbons (Fsp3) is 0.600. The average Bonchev–Trinajstić information content (AvgIpc) is 2.50. The molecular weight excluding hydrogens is 369 g/mol. The van der Waals surface area contributed by atoms with Gasteiger partial charge in [0.05, 0.1) is 12.5 Å². The first kappa shape index (κ1) is 14.1. The molecule has 0 N–H and O–H groups in total. The molecular formula is C15H18INO3. The fourth-order valence-electron chi connectivity index (χ4n) is 3.47. The maximum absolute atomic E-state index is 12.0. The van der Waals surface area contributed by atoms with Gasteiger partial charge in [-0.25, -0.2) is 4.98 Å². The Labute approximate surface area is 132 Å². The summed E-state index contributed by atoms with van der Waals surface area (Å²) in [6.07, 6.45) is 7.15. The van der Waals surface area contributed by atoms with Gasteiger partial charge in [0.2, 0.25) is 5.88 Å². The van der Waals surface area contributed by atoms with Gasteiger partial charge >= 0.3 is 5.97 Å². The molecule has 3 saturated carbocycles. The van der Waals surface area contributed by atoms with Crippen molar-refractivity contribution in [1.82, 2.24) is 4.98 Å². The lowest BCUT2D eigenvalue weighted by Gasteiger charge is -2.51. The molecule has 3 aliphatic carbocycles. The van der Waals surface area contributed by atoms with Gasteiger partial charge in [-0.2, -0.15) is 0 Å². The number of fused-ring (bicyclic) bond motifs is 3. The van der Waals surface area contributed by atoms with E-state index in [4.69, 9.17) is 9.47 Å². The first-order valence-corrected chi connectivity index (χ1v) is 8.04. The molecule has 4 rings (SSSR count). The number of hydrogen-bond donors (Lipinski definition) is 0. The van der Waals surface area contributed by atoms with E-state index in [1.807, 2.05) is 18.3 Å². The molecule has 2 bridgehead atoms. The van der Waals surface area contributed by atoms with Gasteiger partial charge < -0.3 is 9.47 Å². The number of rotatable bonds is 3. The molecule has 0 aromatic carbocycles. The minimum absolute atomic E-state index is 0.0433. The van der Waals surface area contributed by atoms with Crippen molar-refractivity contribution in [3.05, 3.63) is 21.9 Å². The summed E-state index contributed by atoms with van der Waals surface area (Å²) < 4.78 is 12.3. The van der Waals surface area contributed by atoms with E-state index in [0.717, 1.165) is 42.1 Å². The predicted molar refractivity (Wildman–Crippen MR) is 82.5 cm³/mol. The lowest BCUT2D eigenvalue weighted by Crippen LogP contribution is -2.52. The minimum atomic E-state index is -0.251. The van der Waals surface area contributed by atoms with Crippen molar-refractivity contribution in [2.45, 2.75) is 44.1 Å². The van der Waals surface area contributed by atoms with E-state index in [-0.39, 0.29) is 17.0 Å². The van der Waals surface area contributed by atoms with E-state index in [2.05, 4.69) is 27.6 Å². The molecule has 5 heteroatoms. The van der Waals surface area contributed by atoms with Gasteiger partial charge in [0.1, 0.15) is 5.60 Å². The fourth-order valence-corrected chi connectivity index (χ4v) is 3.79. The number of pyridine rings is 1. The molecule has 0 atom stereocenters. The van der Waals surface area contributed by atoms with Crippen molar-refractivity contribution >= 4 is 28.6 Å². The summed E-state index contributed by atoms with van der Waals surface area (Å²) >= 11 is 2.23. The van der Waals surface area contributed by atoms with Crippen LogP contribution in [0.15, 0.2) is 18.3 Å². The maximum Gasteiger partial charge on any atom is 0.311 e. The van der Waals surface area contributed by atoms with Crippen LogP contribution in [0.25, 0.3) is 0 Å². The highest BCUT2D eigenvalue weighted by Gasteiger charge is 2.54. The van der Waals surface area contributed by atoms with E-state index < -0.39 is 0 Å². The van der Waals surface area contributed by atoms with Crippen LogP contribution in [-0.2, 0) is 9.53 Å². The smallest absolute Gasteiger partial charge is 0.311 e. The zero-order valence-corrected chi connectivity index (χ0v) is 13.7. The summed E-state index contributed by atoms with van der Waals surface area (Å²) in [5.41, 5.74) is -0.380. The largest absolute Gasteiger partial charge is 0.471 e. The molecule has 3 aliphatic rings. The standard InChI is InChI=1S/C15H18INO3/c1-19-13(18)14-4-7-15(8-5-14,9-6-14)20-12-3-2-11(16)10-17-12/h2-3,10H,4-9H2,1H3. The Bertz CT molecular complexity index is 490. The molecule has 0 radical (unpaired) electrons. The Morgan fingerprint density at radius 2 is 1.85 bits per heavy atom. The number of aromatic nitrogens is 1. The molecule has 4 nitrogen and oxygen atoms in total. The summed E-state index contributed by atoms with van der Waals surface area (Å²) in [5, 5.41) is 0. The molecule has 3 fully saturated rings. The van der Waals surface area contributed by atoms with Gasteiger partial charge in [-0.05, 0) is 67.2 Å². The van der Waals surface area contributed by atoms with Gasteiger partial charge in [-0.15, -0.1) is 0 Å². The number of carbonyl (C=O) groups excluding carboxylic acids is 1. The van der Waals surface area contributed by atoms with Crippen LogP contribution in [0.1, 0.15) is 38.5 Å². The Morgan fingerprint density at radius 3 is 2.35 bits per heavy atom. The first-order valence-electron chi connectivity index (χ1n) is 6.97. The second-order valence-corrected chi connectivity index (χ2v) is 7.12. The van der Waals surface area contributed by atoms with Gasteiger partial charge in [0.25, 0.3) is 0 Å². The van der Waals surface area contributed by atoms with Crippen molar-refractivity contribution in [1.29, 1.82) is 0 Å². The van der Waals surface area contributed by atoms with Crippen molar-refractivity contribution in [2.24, 2.45) is 5.41 Å². The third-order valence-corrected chi connectivity index (χ3v) is 5.46. The first-order chi connectivity index (χ1) is 9.57. The van der Waals surface area contributed by atoms with E-state index in [1.54, 1.807) is 0 Å². The summed E-state index contributed by atoms with van der Waals surface area (Å²) in [4.78, 5) is 16.3. The lowest BCUT2D eigenvalue weighted by molar-refractivity contribution is -0.166. The molecule has 20 heavy (non-hydrogen) atoms. The molecule has 0 aliphatic heterocycles. The highest BCUT2D eigenvalue weighted by molar-refractivity contribution is 14.1. The van der Waals surface area contributed by atoms with Crippen LogP contribution in [-0.4, -0.2) is 23.7 Å². The normalized spacial score (nSPS) is 31.9. The molecule has 0 spiro atoms. The maximum atomic E-state index is 12.0. The van der Waals surface area contributed by atoms with Crippen LogP contribution < -0.4 is 4.74 Å². The number of esters is 1. The van der Waals surface area contributed by atoms with E-state index in [1.165, 1.54) is 7.11 Å². The van der Waals surface area contributed by atoms with Gasteiger partial charge in [-0.1, -0.05) is 0 Å². The van der Waals surface area contributed by atoms with Crippen LogP contribution >= 0.6 is 22.6 Å². The molecule has 0 amide bonds. The molecule has 1 heterocycles. The molecule has 1 aromatic rings. The number of ether oxygens (including phenoxy) is 2. The van der Waals surface area contributed by atoms with Gasteiger partial charge in [0, 0.05) is 15.8 Å². The van der Waals surface area contributed by atoms with Crippen LogP contribution in [0.4, 0.5) is 0 Å². The van der Waals surface area contributed by atoms with Crippen molar-refractivity contribution in [3.8, 4) is 5.88 Å². The third-order valence-electron chi connectivity index (χ3n) is 4.82. The summed E-state index contributed by atoms with van der Waals surface area (Å²) in [6, 6.07) is 3.93. The lowest BCUT2D eigenvalue weighted by atomic mass is 9.58. The zero-order valence-electron chi connectivity index (χ0n) is 11.5. The third kappa shape index (κ3) is 2.40. The summed E-state index contributed by atoms with van der Waals surface area (Å²) in [7, 11) is 1.49. The Hall–Kier alpha value is -0.850. The SMILES string of the molecule is COC(=O)C12CCC(Oc3ccc(I)cn3)(CC1)CC2. The quantitative estimate of drug-likeness (QED) is 0.590. The van der Waals surface area contributed by atoms with Crippen LogP contribution in [0.3, 0.4) is 0 Å². The predicted octanol–water partition coefficient (Wildman–Crippen LogP) is 3.33. The zero-order chi connectivity index (χ0) is 14.2. The van der Waals surface area contributed by atoms with Crippen molar-refractivity contribution in [2.75, 3.05) is 7.11 Å². The van der Waals surface area contributed by atoms with Gasteiger partial charge in [-0.3, -0.25) is 4.79 Å². The Morgan fingerprint density at radius 1 is 1.20 bits per heavy atom. The molecule has 108 valence electrons. The summed E-state index contributed by atoms with van der Waals surface area (Å²) in [6.45, 7) is 0.